The van der Waals surface area contributed by atoms with Crippen molar-refractivity contribution in [1.29, 1.82) is 0 Å². The van der Waals surface area contributed by atoms with E-state index >= 15 is 0 Å². The molecule has 2 bridgehead atoms. The average Bonchev–Trinajstić information content (AvgIpc) is 3.32. The Balaban J connectivity index is 1.51. The van der Waals surface area contributed by atoms with Gasteiger partial charge in [0.25, 0.3) is 5.56 Å². The number of aromatic nitrogens is 2. The van der Waals surface area contributed by atoms with Crippen LogP contribution in [0.15, 0.2) is 10.9 Å². The monoisotopic (exact) mass is 413 g/mol. The number of nitrogens with zero attached hydrogens (tertiary/aromatic N) is 4. The number of ether oxygens (including phenoxy) is 1. The molecule has 0 spiro atoms. The van der Waals surface area contributed by atoms with Crippen LogP contribution >= 0.6 is 0 Å². The highest BCUT2D eigenvalue weighted by atomic mass is 19.4. The van der Waals surface area contributed by atoms with Gasteiger partial charge >= 0.3 is 6.18 Å². The average molecular weight is 413 g/mol. The Kier molecular flexibility index (Phi) is 4.73. The molecule has 1 N–H and O–H groups in total. The molecule has 0 radical (unpaired) electrons. The third-order valence-corrected chi connectivity index (χ3v) is 6.72. The molecular weight excluding hydrogens is 387 g/mol. The SMILES string of the molecule is O=c1cc(N2C[C@@H]3CC2CO3)nc2n1CC[C@@H](C(F)(F)F)N2CC1CCNCC1. The Morgan fingerprint density at radius 3 is 2.69 bits per heavy atom. The highest BCUT2D eigenvalue weighted by Gasteiger charge is 2.48. The molecule has 1 aromatic rings. The van der Waals surface area contributed by atoms with Gasteiger partial charge in [0.15, 0.2) is 0 Å². The maximum atomic E-state index is 13.9. The van der Waals surface area contributed by atoms with Gasteiger partial charge in [-0.1, -0.05) is 0 Å². The zero-order valence-corrected chi connectivity index (χ0v) is 16.2. The summed E-state index contributed by atoms with van der Waals surface area (Å²) in [6.07, 6.45) is -1.81. The van der Waals surface area contributed by atoms with E-state index in [2.05, 4.69) is 10.3 Å². The number of rotatable bonds is 3. The molecule has 5 rings (SSSR count). The molecule has 1 aromatic heterocycles. The van der Waals surface area contributed by atoms with Crippen molar-refractivity contribution in [2.45, 2.75) is 56.6 Å². The lowest BCUT2D eigenvalue weighted by Crippen LogP contribution is -2.54. The molecule has 3 fully saturated rings. The molecule has 3 atom stereocenters. The van der Waals surface area contributed by atoms with Gasteiger partial charge in [0.05, 0.1) is 18.8 Å². The minimum absolute atomic E-state index is 0.0451. The van der Waals surface area contributed by atoms with E-state index in [1.807, 2.05) is 4.90 Å². The summed E-state index contributed by atoms with van der Waals surface area (Å²) in [5.74, 6) is 0.808. The summed E-state index contributed by atoms with van der Waals surface area (Å²) in [6, 6.07) is 0.0219. The van der Waals surface area contributed by atoms with Crippen LogP contribution < -0.4 is 20.7 Å². The topological polar surface area (TPSA) is 62.6 Å². The molecule has 5 heterocycles. The normalized spacial score (nSPS) is 30.1. The van der Waals surface area contributed by atoms with E-state index in [0.717, 1.165) is 32.4 Å². The van der Waals surface area contributed by atoms with Gasteiger partial charge in [-0.15, -0.1) is 0 Å². The number of morpholine rings is 1. The van der Waals surface area contributed by atoms with Gasteiger partial charge in [0.1, 0.15) is 11.9 Å². The Hall–Kier alpha value is -1.81. The van der Waals surface area contributed by atoms with Crippen LogP contribution in [-0.4, -0.2) is 66.7 Å². The van der Waals surface area contributed by atoms with Gasteiger partial charge in [0, 0.05) is 25.7 Å². The first kappa shape index (κ1) is 19.2. The van der Waals surface area contributed by atoms with E-state index in [9.17, 15) is 18.0 Å². The molecule has 4 aliphatic heterocycles. The number of alkyl halides is 3. The highest BCUT2D eigenvalue weighted by Crippen LogP contribution is 2.37. The van der Waals surface area contributed by atoms with Crippen LogP contribution in [0.5, 0.6) is 0 Å². The van der Waals surface area contributed by atoms with Crippen molar-refractivity contribution in [2.75, 3.05) is 42.6 Å². The molecule has 10 heteroatoms. The van der Waals surface area contributed by atoms with Gasteiger partial charge in [-0.3, -0.25) is 9.36 Å². The molecule has 1 unspecified atom stereocenters. The molecule has 160 valence electrons. The van der Waals surface area contributed by atoms with Crippen LogP contribution in [0.4, 0.5) is 24.9 Å². The molecule has 0 amide bonds. The third kappa shape index (κ3) is 3.50. The zero-order valence-electron chi connectivity index (χ0n) is 16.2. The standard InChI is InChI=1S/C19H26F3N5O2/c20-19(21,22)15-3-6-25-17(28)8-16(26-10-14-7-13(26)11-29-14)24-18(25)27(15)9-12-1-4-23-5-2-12/h8,12-15,23H,1-7,9-11H2/t13?,14-,15-/m0/s1. The van der Waals surface area contributed by atoms with Gasteiger partial charge in [0.2, 0.25) is 5.95 Å². The van der Waals surface area contributed by atoms with Crippen LogP contribution in [0.3, 0.4) is 0 Å². The Labute approximate surface area is 166 Å². The van der Waals surface area contributed by atoms with Crippen LogP contribution in [-0.2, 0) is 11.3 Å². The second-order valence-corrected chi connectivity index (χ2v) is 8.59. The summed E-state index contributed by atoms with van der Waals surface area (Å²) in [6.45, 7) is 3.16. The van der Waals surface area contributed by atoms with E-state index in [1.165, 1.54) is 15.5 Å². The van der Waals surface area contributed by atoms with Crippen LogP contribution in [0, 0.1) is 5.92 Å². The minimum Gasteiger partial charge on any atom is -0.374 e. The number of anilines is 2. The van der Waals surface area contributed by atoms with E-state index in [-0.39, 0.29) is 49.1 Å². The first-order chi connectivity index (χ1) is 13.9. The van der Waals surface area contributed by atoms with Crippen molar-refractivity contribution in [1.82, 2.24) is 14.9 Å². The van der Waals surface area contributed by atoms with E-state index in [4.69, 9.17) is 4.74 Å². The third-order valence-electron chi connectivity index (χ3n) is 6.72. The van der Waals surface area contributed by atoms with Crippen molar-refractivity contribution < 1.29 is 17.9 Å². The number of hydrogen-bond acceptors (Lipinski definition) is 6. The highest BCUT2D eigenvalue weighted by molar-refractivity contribution is 5.49. The van der Waals surface area contributed by atoms with Crippen LogP contribution in [0.2, 0.25) is 0 Å². The number of halogens is 3. The Bertz CT molecular complexity index is 823. The summed E-state index contributed by atoms with van der Waals surface area (Å²) >= 11 is 0. The lowest BCUT2D eigenvalue weighted by molar-refractivity contribution is -0.153. The zero-order chi connectivity index (χ0) is 20.2. The Morgan fingerprint density at radius 1 is 1.24 bits per heavy atom. The molecule has 7 nitrogen and oxygen atoms in total. The molecule has 0 aromatic carbocycles. The summed E-state index contributed by atoms with van der Waals surface area (Å²) in [5, 5.41) is 3.25. The van der Waals surface area contributed by atoms with Crippen molar-refractivity contribution in [2.24, 2.45) is 5.92 Å². The largest absolute Gasteiger partial charge is 0.408 e. The molecule has 29 heavy (non-hydrogen) atoms. The first-order valence-corrected chi connectivity index (χ1v) is 10.4. The smallest absolute Gasteiger partial charge is 0.374 e. The van der Waals surface area contributed by atoms with Crippen molar-refractivity contribution in [3.63, 3.8) is 0 Å². The van der Waals surface area contributed by atoms with Gasteiger partial charge in [-0.2, -0.15) is 18.2 Å². The summed E-state index contributed by atoms with van der Waals surface area (Å²) < 4.78 is 48.6. The number of hydrogen-bond donors (Lipinski definition) is 1. The fourth-order valence-corrected chi connectivity index (χ4v) is 5.18. The second kappa shape index (κ2) is 7.16. The van der Waals surface area contributed by atoms with E-state index in [1.54, 1.807) is 0 Å². The minimum atomic E-state index is -4.35. The molecule has 0 saturated carbocycles. The predicted molar refractivity (Wildman–Crippen MR) is 101 cm³/mol. The lowest BCUT2D eigenvalue weighted by atomic mass is 9.96. The fraction of sp³-hybridized carbons (Fsp3) is 0.789. The Morgan fingerprint density at radius 2 is 2.03 bits per heavy atom. The van der Waals surface area contributed by atoms with Crippen LogP contribution in [0.1, 0.15) is 25.7 Å². The lowest BCUT2D eigenvalue weighted by Gasteiger charge is -2.41. The summed E-state index contributed by atoms with van der Waals surface area (Å²) in [5.41, 5.74) is -0.273. The molecule has 4 aliphatic rings. The summed E-state index contributed by atoms with van der Waals surface area (Å²) in [7, 11) is 0. The number of nitrogens with one attached hydrogen (secondary N) is 1. The second-order valence-electron chi connectivity index (χ2n) is 8.59. The van der Waals surface area contributed by atoms with Gasteiger partial charge in [-0.25, -0.2) is 0 Å². The first-order valence-electron chi connectivity index (χ1n) is 10.4. The quantitative estimate of drug-likeness (QED) is 0.808. The maximum Gasteiger partial charge on any atom is 0.408 e. The van der Waals surface area contributed by atoms with Gasteiger partial charge < -0.3 is 19.9 Å². The predicted octanol–water partition coefficient (Wildman–Crippen LogP) is 1.36. The molecular formula is C19H26F3N5O2. The number of fused-ring (bicyclic) bond motifs is 3. The van der Waals surface area contributed by atoms with Crippen molar-refractivity contribution >= 4 is 11.8 Å². The number of piperidine rings is 1. The van der Waals surface area contributed by atoms with E-state index < -0.39 is 12.2 Å². The molecule has 3 saturated heterocycles. The summed E-state index contributed by atoms with van der Waals surface area (Å²) in [4.78, 5) is 20.8. The van der Waals surface area contributed by atoms with Crippen molar-refractivity contribution in [3.8, 4) is 0 Å². The fourth-order valence-electron chi connectivity index (χ4n) is 5.18. The van der Waals surface area contributed by atoms with E-state index in [0.29, 0.717) is 19.0 Å². The van der Waals surface area contributed by atoms with Gasteiger partial charge in [-0.05, 0) is 44.7 Å². The van der Waals surface area contributed by atoms with Crippen LogP contribution in [0.25, 0.3) is 0 Å². The maximum absolute atomic E-state index is 13.9. The molecule has 0 aliphatic carbocycles. The van der Waals surface area contributed by atoms with Crippen molar-refractivity contribution in [3.05, 3.63) is 16.4 Å².